The fourth-order valence-corrected chi connectivity index (χ4v) is 1.18. The summed E-state index contributed by atoms with van der Waals surface area (Å²) in [6.45, 7) is 2.49. The van der Waals surface area contributed by atoms with Crippen LogP contribution in [-0.4, -0.2) is 23.4 Å². The Bertz CT molecular complexity index is 253. The van der Waals surface area contributed by atoms with Gasteiger partial charge in [0.15, 0.2) is 0 Å². The average molecular weight is 169 g/mol. The van der Waals surface area contributed by atoms with Gasteiger partial charge in [0.25, 0.3) is 0 Å². The van der Waals surface area contributed by atoms with Crippen LogP contribution >= 0.6 is 0 Å². The van der Waals surface area contributed by atoms with E-state index in [1.165, 1.54) is 0 Å². The van der Waals surface area contributed by atoms with Crippen LogP contribution < -0.4 is 5.73 Å². The third kappa shape index (κ3) is 1.49. The number of rotatable bonds is 3. The first-order valence-electron chi connectivity index (χ1n) is 3.92. The molecule has 0 spiro atoms. The minimum absolute atomic E-state index is 0.0290. The second-order valence-corrected chi connectivity index (χ2v) is 2.77. The molecule has 1 heterocycles. The molecule has 12 heavy (non-hydrogen) atoms. The van der Waals surface area contributed by atoms with Gasteiger partial charge in [0.05, 0.1) is 12.3 Å². The zero-order valence-electron chi connectivity index (χ0n) is 7.74. The maximum absolute atomic E-state index is 5.53. The SMILES string of the molecule is COC(CN)c1cnn(C)c1C. The normalized spacial score (nSPS) is 13.3. The van der Waals surface area contributed by atoms with Gasteiger partial charge in [-0.2, -0.15) is 5.10 Å². The topological polar surface area (TPSA) is 53.1 Å². The minimum atomic E-state index is -0.0290. The lowest BCUT2D eigenvalue weighted by atomic mass is 10.1. The van der Waals surface area contributed by atoms with Gasteiger partial charge >= 0.3 is 0 Å². The summed E-state index contributed by atoms with van der Waals surface area (Å²) in [6.07, 6.45) is 1.77. The number of aryl methyl sites for hydroxylation is 1. The van der Waals surface area contributed by atoms with Crippen LogP contribution in [0.5, 0.6) is 0 Å². The molecule has 1 aromatic heterocycles. The van der Waals surface area contributed by atoms with Crippen LogP contribution in [0.3, 0.4) is 0 Å². The molecular formula is C8H15N3O. The number of nitrogens with two attached hydrogens (primary N) is 1. The molecule has 4 heteroatoms. The Morgan fingerprint density at radius 3 is 2.75 bits per heavy atom. The number of nitrogens with zero attached hydrogens (tertiary/aromatic N) is 2. The number of methoxy groups -OCH3 is 1. The highest BCUT2D eigenvalue weighted by Gasteiger charge is 2.13. The van der Waals surface area contributed by atoms with Crippen LogP contribution in [-0.2, 0) is 11.8 Å². The van der Waals surface area contributed by atoms with Crippen molar-refractivity contribution in [3.05, 3.63) is 17.5 Å². The number of aromatic nitrogens is 2. The molecule has 4 nitrogen and oxygen atoms in total. The Labute approximate surface area is 72.3 Å². The quantitative estimate of drug-likeness (QED) is 0.711. The van der Waals surface area contributed by atoms with E-state index in [4.69, 9.17) is 10.5 Å². The molecule has 0 aliphatic carbocycles. The van der Waals surface area contributed by atoms with Crippen molar-refractivity contribution in [2.75, 3.05) is 13.7 Å². The highest BCUT2D eigenvalue weighted by atomic mass is 16.5. The highest BCUT2D eigenvalue weighted by Crippen LogP contribution is 2.17. The largest absolute Gasteiger partial charge is 0.375 e. The minimum Gasteiger partial charge on any atom is -0.375 e. The van der Waals surface area contributed by atoms with Crippen molar-refractivity contribution in [3.63, 3.8) is 0 Å². The maximum Gasteiger partial charge on any atom is 0.0976 e. The van der Waals surface area contributed by atoms with Gasteiger partial charge in [0, 0.05) is 32.0 Å². The Morgan fingerprint density at radius 1 is 1.75 bits per heavy atom. The predicted octanol–water partition coefficient (Wildman–Crippen LogP) is 0.375. The maximum atomic E-state index is 5.53. The summed E-state index contributed by atoms with van der Waals surface area (Å²) in [5, 5.41) is 4.11. The summed E-state index contributed by atoms with van der Waals surface area (Å²) in [5.41, 5.74) is 7.71. The monoisotopic (exact) mass is 169 g/mol. The Balaban J connectivity index is 2.93. The van der Waals surface area contributed by atoms with Gasteiger partial charge < -0.3 is 10.5 Å². The van der Waals surface area contributed by atoms with Gasteiger partial charge in [0.1, 0.15) is 0 Å². The van der Waals surface area contributed by atoms with Gasteiger partial charge in [-0.25, -0.2) is 0 Å². The summed E-state index contributed by atoms with van der Waals surface area (Å²) >= 11 is 0. The molecule has 0 aliphatic rings. The van der Waals surface area contributed by atoms with E-state index in [0.717, 1.165) is 11.3 Å². The molecule has 1 aromatic rings. The molecule has 2 N–H and O–H groups in total. The van der Waals surface area contributed by atoms with Crippen molar-refractivity contribution in [1.29, 1.82) is 0 Å². The van der Waals surface area contributed by atoms with Gasteiger partial charge in [-0.3, -0.25) is 4.68 Å². The third-order valence-corrected chi connectivity index (χ3v) is 2.12. The molecule has 68 valence electrons. The van der Waals surface area contributed by atoms with Crippen LogP contribution in [0.2, 0.25) is 0 Å². The van der Waals surface area contributed by atoms with E-state index in [1.807, 2.05) is 18.7 Å². The van der Waals surface area contributed by atoms with E-state index in [9.17, 15) is 0 Å². The van der Waals surface area contributed by atoms with Crippen molar-refractivity contribution in [2.45, 2.75) is 13.0 Å². The lowest BCUT2D eigenvalue weighted by Gasteiger charge is -2.11. The molecule has 0 amide bonds. The number of ether oxygens (including phenoxy) is 1. The Morgan fingerprint density at radius 2 is 2.42 bits per heavy atom. The molecule has 0 aromatic carbocycles. The first kappa shape index (κ1) is 9.22. The molecular weight excluding hydrogens is 154 g/mol. The average Bonchev–Trinajstić information content (AvgIpc) is 2.38. The van der Waals surface area contributed by atoms with Gasteiger partial charge in [-0.05, 0) is 6.92 Å². The van der Waals surface area contributed by atoms with E-state index in [-0.39, 0.29) is 6.10 Å². The first-order chi connectivity index (χ1) is 5.70. The predicted molar refractivity (Wildman–Crippen MR) is 46.7 cm³/mol. The van der Waals surface area contributed by atoms with Crippen molar-refractivity contribution in [1.82, 2.24) is 9.78 Å². The Hall–Kier alpha value is -0.870. The van der Waals surface area contributed by atoms with Crippen LogP contribution in [0.1, 0.15) is 17.4 Å². The van der Waals surface area contributed by atoms with Crippen molar-refractivity contribution >= 4 is 0 Å². The fraction of sp³-hybridized carbons (Fsp3) is 0.625. The van der Waals surface area contributed by atoms with Gasteiger partial charge in [-0.1, -0.05) is 0 Å². The molecule has 0 aliphatic heterocycles. The zero-order valence-corrected chi connectivity index (χ0v) is 7.74. The van der Waals surface area contributed by atoms with E-state index in [0.29, 0.717) is 6.54 Å². The molecule has 1 unspecified atom stereocenters. The van der Waals surface area contributed by atoms with Crippen LogP contribution in [0.4, 0.5) is 0 Å². The van der Waals surface area contributed by atoms with E-state index in [1.54, 1.807) is 13.3 Å². The summed E-state index contributed by atoms with van der Waals surface area (Å²) in [5.74, 6) is 0. The first-order valence-corrected chi connectivity index (χ1v) is 3.92. The molecule has 0 bridgehead atoms. The second kappa shape index (κ2) is 3.69. The standard InChI is InChI=1S/C8H15N3O/c1-6-7(5-10-11(6)2)8(4-9)12-3/h5,8H,4,9H2,1-3H3. The second-order valence-electron chi connectivity index (χ2n) is 2.77. The lowest BCUT2D eigenvalue weighted by molar-refractivity contribution is 0.110. The summed E-state index contributed by atoms with van der Waals surface area (Å²) in [7, 11) is 3.56. The fourth-order valence-electron chi connectivity index (χ4n) is 1.18. The molecule has 0 saturated heterocycles. The number of hydrogen-bond donors (Lipinski definition) is 1. The molecule has 1 atom stereocenters. The van der Waals surface area contributed by atoms with Gasteiger partial charge in [-0.15, -0.1) is 0 Å². The summed E-state index contributed by atoms with van der Waals surface area (Å²) in [6, 6.07) is 0. The Kier molecular flexibility index (Phi) is 2.83. The highest BCUT2D eigenvalue weighted by molar-refractivity contribution is 5.19. The molecule has 0 saturated carbocycles. The van der Waals surface area contributed by atoms with E-state index < -0.39 is 0 Å². The molecule has 0 fully saturated rings. The van der Waals surface area contributed by atoms with Crippen molar-refractivity contribution < 1.29 is 4.74 Å². The summed E-state index contributed by atoms with van der Waals surface area (Å²) < 4.78 is 7.02. The third-order valence-electron chi connectivity index (χ3n) is 2.12. The molecule has 0 radical (unpaired) electrons. The lowest BCUT2D eigenvalue weighted by Crippen LogP contribution is -2.14. The van der Waals surface area contributed by atoms with Crippen LogP contribution in [0.15, 0.2) is 6.20 Å². The summed E-state index contributed by atoms with van der Waals surface area (Å²) in [4.78, 5) is 0. The number of hydrogen-bond acceptors (Lipinski definition) is 3. The smallest absolute Gasteiger partial charge is 0.0976 e. The van der Waals surface area contributed by atoms with Crippen LogP contribution in [0.25, 0.3) is 0 Å². The van der Waals surface area contributed by atoms with Crippen molar-refractivity contribution in [2.24, 2.45) is 12.8 Å². The van der Waals surface area contributed by atoms with Gasteiger partial charge in [0.2, 0.25) is 0 Å². The van der Waals surface area contributed by atoms with E-state index in [2.05, 4.69) is 5.10 Å². The van der Waals surface area contributed by atoms with E-state index >= 15 is 0 Å². The van der Waals surface area contributed by atoms with Crippen molar-refractivity contribution in [3.8, 4) is 0 Å². The molecule has 1 rings (SSSR count). The zero-order chi connectivity index (χ0) is 9.14. The van der Waals surface area contributed by atoms with Crippen LogP contribution in [0, 0.1) is 6.92 Å².